The third-order valence-corrected chi connectivity index (χ3v) is 15.7. The number of hydrogen-bond acceptors (Lipinski definition) is 14. The van der Waals surface area contributed by atoms with Gasteiger partial charge in [-0.25, -0.2) is 9.97 Å². The fraction of sp³-hybridized carbons (Fsp3) is 0.391. The van der Waals surface area contributed by atoms with E-state index in [0.717, 1.165) is 38.0 Å². The van der Waals surface area contributed by atoms with Gasteiger partial charge in [0, 0.05) is 81.1 Å². The van der Waals surface area contributed by atoms with E-state index in [1.54, 1.807) is 37.9 Å². The number of ether oxygens (including phenoxy) is 2. The predicted molar refractivity (Wildman–Crippen MR) is 257 cm³/mol. The van der Waals surface area contributed by atoms with Gasteiger partial charge in [-0.1, -0.05) is 52.8 Å². The molecule has 0 radical (unpaired) electrons. The first-order valence-electron chi connectivity index (χ1n) is 21.5. The second-order valence-corrected chi connectivity index (χ2v) is 20.6. The highest BCUT2D eigenvalue weighted by molar-refractivity contribution is 8.01. The van der Waals surface area contributed by atoms with Crippen molar-refractivity contribution in [3.05, 3.63) is 77.1 Å². The number of amides is 6. The highest BCUT2D eigenvalue weighted by atomic mass is 32.2. The number of methoxy groups -OCH3 is 2. The second kappa shape index (κ2) is 21.7. The van der Waals surface area contributed by atoms with E-state index in [-0.39, 0.29) is 41.4 Å². The van der Waals surface area contributed by atoms with E-state index in [0.29, 0.717) is 108 Å². The van der Waals surface area contributed by atoms with Crippen LogP contribution in [0.25, 0.3) is 6.08 Å². The molecule has 2 aliphatic heterocycles. The molecule has 20 heteroatoms. The number of carbonyl (C=O) groups excluding carboxylic acids is 6. The molecule has 2 saturated heterocycles. The summed E-state index contributed by atoms with van der Waals surface area (Å²) < 4.78 is 12.9. The Hall–Kier alpha value is -5.70. The SMILES string of the molecule is C=CC(=O)N1CCCN(C(=O)c2cc(Sc3sc(NC(C)=O)nc3C=CC(=O)N3CCCN(C(=O)c4cc(Sc5cnc(NC(=O)C6CC6)s5)c(C)cc4OC)CC3)c(C)cc2OC)CC1. The van der Waals surface area contributed by atoms with E-state index >= 15 is 0 Å². The van der Waals surface area contributed by atoms with Crippen LogP contribution >= 0.6 is 46.2 Å². The molecule has 1 aliphatic carbocycles. The number of nitrogens with zero attached hydrogens (tertiary/aromatic N) is 6. The highest BCUT2D eigenvalue weighted by Gasteiger charge is 2.31. The summed E-state index contributed by atoms with van der Waals surface area (Å²) in [7, 11) is 3.06. The summed E-state index contributed by atoms with van der Waals surface area (Å²) in [5.74, 6) is -0.174. The topological polar surface area (TPSA) is 184 Å². The Morgan fingerprint density at radius 3 is 1.82 bits per heavy atom. The number of thiazole rings is 2. The average molecular weight is 973 g/mol. The van der Waals surface area contributed by atoms with Gasteiger partial charge in [0.25, 0.3) is 11.8 Å². The van der Waals surface area contributed by atoms with Gasteiger partial charge in [-0.2, -0.15) is 0 Å². The van der Waals surface area contributed by atoms with Gasteiger partial charge in [0.05, 0.1) is 45.7 Å². The molecule has 1 saturated carbocycles. The zero-order chi connectivity index (χ0) is 47.1. The lowest BCUT2D eigenvalue weighted by atomic mass is 10.1. The van der Waals surface area contributed by atoms with Crippen molar-refractivity contribution in [2.75, 3.05) is 77.2 Å². The molecule has 6 amide bonds. The Balaban J connectivity index is 1.03. The van der Waals surface area contributed by atoms with Gasteiger partial charge in [-0.05, 0) is 87.1 Å². The van der Waals surface area contributed by atoms with Crippen LogP contribution in [-0.2, 0) is 19.2 Å². The van der Waals surface area contributed by atoms with Gasteiger partial charge < -0.3 is 39.7 Å². The predicted octanol–water partition coefficient (Wildman–Crippen LogP) is 7.09. The molecule has 4 heterocycles. The molecule has 2 N–H and O–H groups in total. The lowest BCUT2D eigenvalue weighted by Gasteiger charge is -2.23. The van der Waals surface area contributed by atoms with Crippen molar-refractivity contribution < 1.29 is 38.2 Å². The maximum absolute atomic E-state index is 14.1. The van der Waals surface area contributed by atoms with Crippen molar-refractivity contribution in [3.63, 3.8) is 0 Å². The molecule has 4 aromatic rings. The van der Waals surface area contributed by atoms with E-state index < -0.39 is 0 Å². The molecule has 0 unspecified atom stereocenters. The molecule has 2 aromatic carbocycles. The van der Waals surface area contributed by atoms with E-state index in [1.165, 1.54) is 79.5 Å². The molecule has 66 heavy (non-hydrogen) atoms. The summed E-state index contributed by atoms with van der Waals surface area (Å²) in [6.45, 7) is 12.1. The Morgan fingerprint density at radius 2 is 1.27 bits per heavy atom. The summed E-state index contributed by atoms with van der Waals surface area (Å²) in [6.07, 6.45) is 9.09. The Kier molecular flexibility index (Phi) is 15.9. The van der Waals surface area contributed by atoms with Crippen LogP contribution in [0, 0.1) is 19.8 Å². The summed E-state index contributed by atoms with van der Waals surface area (Å²) >= 11 is 5.47. The highest BCUT2D eigenvalue weighted by Crippen LogP contribution is 2.42. The fourth-order valence-electron chi connectivity index (χ4n) is 7.45. The van der Waals surface area contributed by atoms with Crippen LogP contribution in [0.4, 0.5) is 10.3 Å². The fourth-order valence-corrected chi connectivity index (χ4v) is 11.6. The van der Waals surface area contributed by atoms with Crippen LogP contribution in [0.3, 0.4) is 0 Å². The van der Waals surface area contributed by atoms with E-state index in [2.05, 4.69) is 27.2 Å². The quantitative estimate of drug-likeness (QED) is 0.123. The summed E-state index contributed by atoms with van der Waals surface area (Å²) in [5, 5.41) is 6.55. The molecule has 3 aliphatic rings. The lowest BCUT2D eigenvalue weighted by molar-refractivity contribution is -0.126. The van der Waals surface area contributed by atoms with Gasteiger partial charge in [-0.15, -0.1) is 0 Å². The molecule has 0 spiro atoms. The van der Waals surface area contributed by atoms with E-state index in [9.17, 15) is 28.8 Å². The third kappa shape index (κ3) is 11.8. The van der Waals surface area contributed by atoms with Gasteiger partial charge in [0.2, 0.25) is 23.6 Å². The minimum absolute atomic E-state index is 0.00245. The number of nitrogens with one attached hydrogen (secondary N) is 2. The maximum atomic E-state index is 14.1. The largest absolute Gasteiger partial charge is 0.496 e. The van der Waals surface area contributed by atoms with Crippen molar-refractivity contribution in [1.82, 2.24) is 29.6 Å². The lowest BCUT2D eigenvalue weighted by Crippen LogP contribution is -2.37. The van der Waals surface area contributed by atoms with Crippen LogP contribution in [0.15, 0.2) is 67.4 Å². The van der Waals surface area contributed by atoms with E-state index in [4.69, 9.17) is 9.47 Å². The first kappa shape index (κ1) is 48.2. The number of anilines is 2. The zero-order valence-corrected chi connectivity index (χ0v) is 40.7. The van der Waals surface area contributed by atoms with Crippen molar-refractivity contribution in [2.45, 2.75) is 64.7 Å². The molecular formula is C46H52N8O8S4. The first-order chi connectivity index (χ1) is 31.7. The molecule has 16 nitrogen and oxygen atoms in total. The second-order valence-electron chi connectivity index (χ2n) is 15.9. The van der Waals surface area contributed by atoms with Crippen LogP contribution < -0.4 is 20.1 Å². The van der Waals surface area contributed by atoms with Gasteiger partial charge >= 0.3 is 0 Å². The van der Waals surface area contributed by atoms with Crippen LogP contribution in [0.5, 0.6) is 11.5 Å². The van der Waals surface area contributed by atoms with Crippen molar-refractivity contribution in [2.24, 2.45) is 5.92 Å². The average Bonchev–Trinajstić information content (AvgIpc) is 4.08. The number of rotatable bonds is 14. The first-order valence-corrected chi connectivity index (χ1v) is 24.8. The van der Waals surface area contributed by atoms with Crippen LogP contribution in [-0.4, -0.2) is 132 Å². The summed E-state index contributed by atoms with van der Waals surface area (Å²) in [6, 6.07) is 7.29. The standard InChI is InChI=1S/C46H52N8O8S4/c1-7-38(56)51-14-8-16-53(20-18-51)43(60)32-25-37(28(3)23-35(32)62-6)64-44-33(49-46(66-44)48-29(4)55)12-13-39(57)52-15-9-17-54(21-19-52)42(59)31-24-36(27(2)22-34(31)61-5)63-40-26-47-45(65-40)50-41(58)30-10-11-30/h7,12-13,22-26,30H,1,8-11,14-21H2,2-6H3,(H,47,50,58)(H,48,49,55). The Bertz CT molecular complexity index is 2570. The Labute approximate surface area is 400 Å². The normalized spacial score (nSPS) is 15.5. The summed E-state index contributed by atoms with van der Waals surface area (Å²) in [4.78, 5) is 96.0. The maximum Gasteiger partial charge on any atom is 0.257 e. The molecule has 2 aromatic heterocycles. The summed E-state index contributed by atoms with van der Waals surface area (Å²) in [5.41, 5.74) is 3.03. The van der Waals surface area contributed by atoms with Crippen LogP contribution in [0.2, 0.25) is 0 Å². The number of aryl methyl sites for hydroxylation is 2. The van der Waals surface area contributed by atoms with Gasteiger partial charge in [-0.3, -0.25) is 28.8 Å². The number of hydrogen-bond donors (Lipinski definition) is 2. The number of aromatic nitrogens is 2. The molecule has 3 fully saturated rings. The van der Waals surface area contributed by atoms with Crippen LogP contribution in [0.1, 0.15) is 70.1 Å². The molecule has 0 atom stereocenters. The minimum Gasteiger partial charge on any atom is -0.496 e. The molecular weight excluding hydrogens is 921 g/mol. The van der Waals surface area contributed by atoms with E-state index in [1.807, 2.05) is 32.0 Å². The van der Waals surface area contributed by atoms with Crippen molar-refractivity contribution >= 4 is 98.0 Å². The monoisotopic (exact) mass is 972 g/mol. The van der Waals surface area contributed by atoms with Crippen molar-refractivity contribution in [1.29, 1.82) is 0 Å². The molecule has 348 valence electrons. The number of carbonyl (C=O) groups is 6. The molecule has 7 rings (SSSR count). The Morgan fingerprint density at radius 1 is 0.727 bits per heavy atom. The zero-order valence-electron chi connectivity index (χ0n) is 37.5. The smallest absolute Gasteiger partial charge is 0.257 e. The number of benzene rings is 2. The third-order valence-electron chi connectivity index (χ3n) is 11.2. The minimum atomic E-state index is -0.294. The van der Waals surface area contributed by atoms with Crippen molar-refractivity contribution in [3.8, 4) is 11.5 Å². The molecule has 0 bridgehead atoms. The van der Waals surface area contributed by atoms with Gasteiger partial charge in [0.15, 0.2) is 10.3 Å². The van der Waals surface area contributed by atoms with Gasteiger partial charge in [0.1, 0.15) is 11.5 Å².